The Morgan fingerprint density at radius 3 is 2.58 bits per heavy atom. The largest absolute Gasteiger partial charge is 0.103 e. The van der Waals surface area contributed by atoms with Crippen molar-refractivity contribution in [1.82, 2.24) is 0 Å². The first-order valence-electron chi connectivity index (χ1n) is 5.07. The van der Waals surface area contributed by atoms with Gasteiger partial charge in [-0.1, -0.05) is 37.5 Å². The number of hydrogen-bond acceptors (Lipinski definition) is 0. The van der Waals surface area contributed by atoms with E-state index in [1.54, 1.807) is 5.57 Å². The minimum absolute atomic E-state index is 1.15. The van der Waals surface area contributed by atoms with Crippen LogP contribution in [0.2, 0.25) is 0 Å². The molecule has 0 nitrogen and oxygen atoms in total. The summed E-state index contributed by atoms with van der Waals surface area (Å²) in [6.07, 6.45) is 11.9. The van der Waals surface area contributed by atoms with Crippen molar-refractivity contribution in [1.29, 1.82) is 0 Å². The van der Waals surface area contributed by atoms with Crippen LogP contribution in [0.15, 0.2) is 24.3 Å². The van der Waals surface area contributed by atoms with Gasteiger partial charge in [0.05, 0.1) is 0 Å². The summed E-state index contributed by atoms with van der Waals surface area (Å²) in [4.78, 5) is 0. The molecule has 0 atom stereocenters. The lowest BCUT2D eigenvalue weighted by atomic mass is 10.1. The molecular weight excluding hydrogens is 144 g/mol. The van der Waals surface area contributed by atoms with Gasteiger partial charge in [-0.3, -0.25) is 0 Å². The highest BCUT2D eigenvalue weighted by atomic mass is 13.9. The van der Waals surface area contributed by atoms with E-state index in [9.17, 15) is 0 Å². The van der Waals surface area contributed by atoms with Gasteiger partial charge in [-0.2, -0.15) is 0 Å². The third-order valence-electron chi connectivity index (χ3n) is 2.03. The molecule has 70 valence electrons. The molecule has 0 aromatic carbocycles. The minimum atomic E-state index is 1.15. The second-order valence-corrected chi connectivity index (χ2v) is 3.37. The van der Waals surface area contributed by atoms with Gasteiger partial charge >= 0.3 is 0 Å². The molecule has 0 radical (unpaired) electrons. The Morgan fingerprint density at radius 2 is 2.00 bits per heavy atom. The van der Waals surface area contributed by atoms with Gasteiger partial charge in [-0.15, -0.1) is 6.58 Å². The first kappa shape index (κ1) is 11.5. The van der Waals surface area contributed by atoms with Crippen LogP contribution in [0.5, 0.6) is 0 Å². The van der Waals surface area contributed by atoms with Crippen molar-refractivity contribution >= 4 is 0 Å². The molecule has 0 heterocycles. The van der Waals surface area contributed by atoms with Gasteiger partial charge in [0.25, 0.3) is 0 Å². The molecule has 0 spiro atoms. The van der Waals surface area contributed by atoms with Crippen molar-refractivity contribution in [2.24, 2.45) is 0 Å². The summed E-state index contributed by atoms with van der Waals surface area (Å²) in [5.41, 5.74) is 1.55. The van der Waals surface area contributed by atoms with E-state index in [4.69, 9.17) is 0 Å². The second-order valence-electron chi connectivity index (χ2n) is 3.37. The Hall–Kier alpha value is -0.520. The van der Waals surface area contributed by atoms with Crippen molar-refractivity contribution in [2.45, 2.75) is 52.4 Å². The fraction of sp³-hybridized carbons (Fsp3) is 0.667. The quantitative estimate of drug-likeness (QED) is 0.386. The van der Waals surface area contributed by atoms with Gasteiger partial charge < -0.3 is 0 Å². The molecule has 0 aromatic heterocycles. The Kier molecular flexibility index (Phi) is 8.20. The summed E-state index contributed by atoms with van der Waals surface area (Å²) in [5.74, 6) is 0. The maximum absolute atomic E-state index is 3.71. The lowest BCUT2D eigenvalue weighted by Gasteiger charge is -1.98. The van der Waals surface area contributed by atoms with Gasteiger partial charge in [0, 0.05) is 0 Å². The van der Waals surface area contributed by atoms with Crippen LogP contribution in [0.25, 0.3) is 0 Å². The molecule has 0 rings (SSSR count). The lowest BCUT2D eigenvalue weighted by Crippen LogP contribution is -1.78. The summed E-state index contributed by atoms with van der Waals surface area (Å²) < 4.78 is 0. The van der Waals surface area contributed by atoms with Crippen molar-refractivity contribution in [3.63, 3.8) is 0 Å². The molecule has 0 aliphatic rings. The highest BCUT2D eigenvalue weighted by Crippen LogP contribution is 2.08. The van der Waals surface area contributed by atoms with Crippen molar-refractivity contribution in [3.8, 4) is 0 Å². The maximum Gasteiger partial charge on any atom is -0.0320 e. The summed E-state index contributed by atoms with van der Waals surface area (Å²) in [5, 5.41) is 0. The Labute approximate surface area is 77.4 Å². The van der Waals surface area contributed by atoms with E-state index in [1.807, 2.05) is 6.08 Å². The van der Waals surface area contributed by atoms with E-state index in [2.05, 4.69) is 26.5 Å². The monoisotopic (exact) mass is 166 g/mol. The molecule has 0 aliphatic carbocycles. The summed E-state index contributed by atoms with van der Waals surface area (Å²) in [6, 6.07) is 0. The highest BCUT2D eigenvalue weighted by molar-refractivity contribution is 4.97. The molecule has 0 N–H and O–H groups in total. The average molecular weight is 166 g/mol. The predicted octanol–water partition coefficient (Wildman–Crippen LogP) is 4.48. The standard InChI is InChI=1S/C12H22/c1-4-6-8-10-12(3)11-9-7-5-2/h4,11H,1,5-10H2,2-3H3/b12-11+. The zero-order valence-corrected chi connectivity index (χ0v) is 8.60. The first-order chi connectivity index (χ1) is 5.81. The molecular formula is C12H22. The molecule has 0 fully saturated rings. The molecule has 0 bridgehead atoms. The van der Waals surface area contributed by atoms with E-state index in [0.717, 1.165) is 6.42 Å². The molecule has 12 heavy (non-hydrogen) atoms. The molecule has 0 amide bonds. The second kappa shape index (κ2) is 8.58. The lowest BCUT2D eigenvalue weighted by molar-refractivity contribution is 0.789. The topological polar surface area (TPSA) is 0 Å². The number of rotatable bonds is 7. The Balaban J connectivity index is 3.35. The smallest absolute Gasteiger partial charge is 0.0320 e. The SMILES string of the molecule is C=CCCC/C(C)=C/CCCC. The van der Waals surface area contributed by atoms with Crippen LogP contribution < -0.4 is 0 Å². The predicted molar refractivity (Wildman–Crippen MR) is 57.3 cm³/mol. The number of allylic oxidation sites excluding steroid dienone is 3. The molecule has 0 aromatic rings. The van der Waals surface area contributed by atoms with Crippen LogP contribution in [0.4, 0.5) is 0 Å². The van der Waals surface area contributed by atoms with Gasteiger partial charge in [-0.05, 0) is 32.6 Å². The van der Waals surface area contributed by atoms with Crippen molar-refractivity contribution < 1.29 is 0 Å². The third-order valence-corrected chi connectivity index (χ3v) is 2.03. The van der Waals surface area contributed by atoms with E-state index >= 15 is 0 Å². The van der Waals surface area contributed by atoms with Crippen LogP contribution in [0, 0.1) is 0 Å². The van der Waals surface area contributed by atoms with Gasteiger partial charge in [0.1, 0.15) is 0 Å². The van der Waals surface area contributed by atoms with E-state index in [-0.39, 0.29) is 0 Å². The highest BCUT2D eigenvalue weighted by Gasteiger charge is 1.88. The molecule has 0 heteroatoms. The summed E-state index contributed by atoms with van der Waals surface area (Å²) in [7, 11) is 0. The van der Waals surface area contributed by atoms with Crippen LogP contribution in [-0.2, 0) is 0 Å². The fourth-order valence-electron chi connectivity index (χ4n) is 1.18. The number of hydrogen-bond donors (Lipinski definition) is 0. The normalized spacial score (nSPS) is 11.7. The van der Waals surface area contributed by atoms with Crippen molar-refractivity contribution in [2.75, 3.05) is 0 Å². The number of unbranched alkanes of at least 4 members (excludes halogenated alkanes) is 3. The van der Waals surface area contributed by atoms with Crippen LogP contribution in [0.3, 0.4) is 0 Å². The fourth-order valence-corrected chi connectivity index (χ4v) is 1.18. The van der Waals surface area contributed by atoms with E-state index < -0.39 is 0 Å². The van der Waals surface area contributed by atoms with E-state index in [0.29, 0.717) is 0 Å². The molecule has 0 aliphatic heterocycles. The van der Waals surface area contributed by atoms with Crippen LogP contribution in [0.1, 0.15) is 52.4 Å². The van der Waals surface area contributed by atoms with Crippen LogP contribution in [-0.4, -0.2) is 0 Å². The zero-order chi connectivity index (χ0) is 9.23. The molecule has 0 unspecified atom stereocenters. The maximum atomic E-state index is 3.71. The Morgan fingerprint density at radius 1 is 1.25 bits per heavy atom. The molecule has 0 saturated heterocycles. The van der Waals surface area contributed by atoms with Crippen molar-refractivity contribution in [3.05, 3.63) is 24.3 Å². The molecule has 0 saturated carbocycles. The zero-order valence-electron chi connectivity index (χ0n) is 8.60. The van der Waals surface area contributed by atoms with Gasteiger partial charge in [0.15, 0.2) is 0 Å². The average Bonchev–Trinajstić information content (AvgIpc) is 2.06. The van der Waals surface area contributed by atoms with E-state index in [1.165, 1.54) is 32.1 Å². The van der Waals surface area contributed by atoms with Gasteiger partial charge in [0.2, 0.25) is 0 Å². The minimum Gasteiger partial charge on any atom is -0.103 e. The Bertz CT molecular complexity index is 131. The third kappa shape index (κ3) is 7.59. The van der Waals surface area contributed by atoms with Crippen LogP contribution >= 0.6 is 0 Å². The first-order valence-corrected chi connectivity index (χ1v) is 5.07. The summed E-state index contributed by atoms with van der Waals surface area (Å²) in [6.45, 7) is 8.19. The van der Waals surface area contributed by atoms with Gasteiger partial charge in [-0.25, -0.2) is 0 Å². The summed E-state index contributed by atoms with van der Waals surface area (Å²) >= 11 is 0.